The van der Waals surface area contributed by atoms with Gasteiger partial charge < -0.3 is 27.9 Å². The molecule has 0 fully saturated rings. The molecule has 0 bridgehead atoms. The van der Waals surface area contributed by atoms with Gasteiger partial charge in [0.1, 0.15) is 19.3 Å². The predicted octanol–water partition coefficient (Wildman–Crippen LogP) is 12.8. The molecule has 0 aromatic rings. The number of nitrogens with zero attached hydrogens (tertiary/aromatic N) is 1. The Morgan fingerprint density at radius 1 is 0.564 bits per heavy atom. The van der Waals surface area contributed by atoms with E-state index in [-0.39, 0.29) is 32.2 Å². The topological polar surface area (TPSA) is 94.1 Å². The van der Waals surface area contributed by atoms with E-state index in [1.165, 1.54) is 128 Å². The molecule has 324 valence electrons. The average Bonchev–Trinajstić information content (AvgIpc) is 3.13. The summed E-state index contributed by atoms with van der Waals surface area (Å²) in [4.78, 5) is 25.0. The van der Waals surface area contributed by atoms with Crippen molar-refractivity contribution < 1.29 is 37.3 Å². The number of unbranched alkanes of at least 4 members (excludes halogenated alkanes) is 22. The minimum absolute atomic E-state index is 0.0197. The summed E-state index contributed by atoms with van der Waals surface area (Å²) in [6.45, 7) is 5.35. The van der Waals surface area contributed by atoms with Crippen molar-refractivity contribution in [2.75, 3.05) is 54.1 Å². The largest absolute Gasteiger partial charge is 0.756 e. The molecule has 0 N–H and O–H groups in total. The lowest BCUT2D eigenvalue weighted by atomic mass is 10.0. The third kappa shape index (κ3) is 43.7. The van der Waals surface area contributed by atoms with Crippen molar-refractivity contribution >= 4 is 13.8 Å². The molecule has 8 nitrogen and oxygen atoms in total. The van der Waals surface area contributed by atoms with Gasteiger partial charge >= 0.3 is 5.97 Å². The third-order valence-electron chi connectivity index (χ3n) is 9.69. The number of ether oxygens (including phenoxy) is 2. The average molecular weight is 798 g/mol. The number of quaternary nitrogens is 1. The standard InChI is InChI=1S/C46H88NO7P/c1-6-8-10-12-14-16-18-20-22-23-24-26-28-30-32-34-36-38-41-51-43-45(44-53-55(49,50)52-42-40-47(3,4)5)54-46(48)39-37-35-33-31-29-27-25-21-19-17-15-13-11-9-7-2/h15,17,21,25,29,31,45H,6-14,16,18-20,22-24,26-28,30,32-44H2,1-5H3/b17-15-,25-21-,31-29-/t45-/m1/s1. The van der Waals surface area contributed by atoms with E-state index >= 15 is 0 Å². The van der Waals surface area contributed by atoms with Gasteiger partial charge in [0.05, 0.1) is 34.4 Å². The van der Waals surface area contributed by atoms with Crippen molar-refractivity contribution in [1.29, 1.82) is 0 Å². The third-order valence-corrected chi connectivity index (χ3v) is 10.7. The van der Waals surface area contributed by atoms with Gasteiger partial charge in [0.25, 0.3) is 7.82 Å². The van der Waals surface area contributed by atoms with Crippen molar-refractivity contribution in [3.63, 3.8) is 0 Å². The lowest BCUT2D eigenvalue weighted by molar-refractivity contribution is -0.870. The van der Waals surface area contributed by atoms with Crippen LogP contribution < -0.4 is 4.89 Å². The normalized spacial score (nSPS) is 14.1. The van der Waals surface area contributed by atoms with Crippen LogP contribution in [0.25, 0.3) is 0 Å². The predicted molar refractivity (Wildman–Crippen MR) is 231 cm³/mol. The van der Waals surface area contributed by atoms with E-state index in [0.717, 1.165) is 38.5 Å². The number of phosphoric ester groups is 1. The number of carbonyl (C=O) groups is 1. The highest BCUT2D eigenvalue weighted by Gasteiger charge is 2.20. The number of rotatable bonds is 42. The van der Waals surface area contributed by atoms with Crippen LogP contribution in [0.4, 0.5) is 0 Å². The highest BCUT2D eigenvalue weighted by Crippen LogP contribution is 2.38. The molecular weight excluding hydrogens is 709 g/mol. The van der Waals surface area contributed by atoms with Crippen molar-refractivity contribution in [2.24, 2.45) is 0 Å². The molecule has 0 aromatic carbocycles. The van der Waals surface area contributed by atoms with E-state index in [1.807, 2.05) is 21.1 Å². The minimum Gasteiger partial charge on any atom is -0.756 e. The molecule has 0 saturated carbocycles. The van der Waals surface area contributed by atoms with E-state index in [2.05, 4.69) is 50.3 Å². The zero-order valence-electron chi connectivity index (χ0n) is 36.6. The molecule has 0 saturated heterocycles. The maximum Gasteiger partial charge on any atom is 0.306 e. The van der Waals surface area contributed by atoms with Gasteiger partial charge in [0, 0.05) is 13.0 Å². The van der Waals surface area contributed by atoms with E-state index < -0.39 is 13.9 Å². The molecule has 0 rings (SSSR count). The molecule has 0 amide bonds. The maximum atomic E-state index is 12.7. The summed E-state index contributed by atoms with van der Waals surface area (Å²) in [5.41, 5.74) is 0. The van der Waals surface area contributed by atoms with Crippen molar-refractivity contribution in [2.45, 2.75) is 200 Å². The van der Waals surface area contributed by atoms with Crippen LogP contribution in [0, 0.1) is 0 Å². The number of hydrogen-bond donors (Lipinski definition) is 0. The summed E-state index contributed by atoms with van der Waals surface area (Å²) in [5, 5.41) is 0. The van der Waals surface area contributed by atoms with Crippen LogP contribution in [0.3, 0.4) is 0 Å². The van der Waals surface area contributed by atoms with Crippen molar-refractivity contribution in [3.8, 4) is 0 Å². The Labute approximate surface area is 340 Å². The van der Waals surface area contributed by atoms with Gasteiger partial charge in [-0.2, -0.15) is 0 Å². The van der Waals surface area contributed by atoms with Gasteiger partial charge in [-0.1, -0.05) is 172 Å². The Morgan fingerprint density at radius 2 is 1.00 bits per heavy atom. The first-order valence-electron chi connectivity index (χ1n) is 22.7. The van der Waals surface area contributed by atoms with Gasteiger partial charge in [0.2, 0.25) is 0 Å². The maximum absolute atomic E-state index is 12.7. The Kier molecular flexibility index (Phi) is 38.6. The van der Waals surface area contributed by atoms with Gasteiger partial charge in [-0.05, 0) is 51.4 Å². The molecule has 0 aliphatic rings. The zero-order valence-corrected chi connectivity index (χ0v) is 37.5. The second-order valence-electron chi connectivity index (χ2n) is 16.4. The summed E-state index contributed by atoms with van der Waals surface area (Å²) in [6.07, 6.45) is 45.9. The van der Waals surface area contributed by atoms with Crippen molar-refractivity contribution in [1.82, 2.24) is 0 Å². The first-order valence-corrected chi connectivity index (χ1v) is 24.2. The first-order chi connectivity index (χ1) is 26.6. The summed E-state index contributed by atoms with van der Waals surface area (Å²) in [7, 11) is 1.34. The summed E-state index contributed by atoms with van der Waals surface area (Å²) >= 11 is 0. The molecule has 0 radical (unpaired) electrons. The number of phosphoric acid groups is 1. The van der Waals surface area contributed by atoms with E-state index in [0.29, 0.717) is 24.1 Å². The molecule has 2 atom stereocenters. The number of likely N-dealkylation sites (N-methyl/N-ethyl adjacent to an activating group) is 1. The second-order valence-corrected chi connectivity index (χ2v) is 17.8. The van der Waals surface area contributed by atoms with Crippen LogP contribution in [0.5, 0.6) is 0 Å². The lowest BCUT2D eigenvalue weighted by Crippen LogP contribution is -2.37. The first kappa shape index (κ1) is 53.7. The van der Waals surface area contributed by atoms with Crippen LogP contribution >= 0.6 is 7.82 Å². The Morgan fingerprint density at radius 3 is 1.49 bits per heavy atom. The molecule has 0 aliphatic heterocycles. The molecule has 0 aliphatic carbocycles. The molecule has 0 spiro atoms. The zero-order chi connectivity index (χ0) is 40.6. The van der Waals surface area contributed by atoms with Crippen LogP contribution in [0.2, 0.25) is 0 Å². The van der Waals surface area contributed by atoms with Crippen LogP contribution in [0.15, 0.2) is 36.5 Å². The molecule has 1 unspecified atom stereocenters. The van der Waals surface area contributed by atoms with E-state index in [1.54, 1.807) is 0 Å². The SMILES string of the molecule is CCCCC/C=C\C/C=C\C/C=C\CCCCC(=O)O[C@H](COCCCCCCCCCCCCCCCCCCCC)COP(=O)([O-])OCC[N+](C)(C)C. The van der Waals surface area contributed by atoms with Gasteiger partial charge in [0.15, 0.2) is 0 Å². The Balaban J connectivity index is 4.25. The monoisotopic (exact) mass is 798 g/mol. The molecule has 0 heterocycles. The Hall–Kier alpha value is -1.28. The fraction of sp³-hybridized carbons (Fsp3) is 0.848. The summed E-state index contributed by atoms with van der Waals surface area (Å²) in [5.74, 6) is -0.369. The number of hydrogen-bond acceptors (Lipinski definition) is 7. The van der Waals surface area contributed by atoms with Crippen LogP contribution in [0.1, 0.15) is 194 Å². The summed E-state index contributed by atoms with van der Waals surface area (Å²) < 4.78 is 34.6. The van der Waals surface area contributed by atoms with Gasteiger partial charge in [-0.25, -0.2) is 0 Å². The highest BCUT2D eigenvalue weighted by molar-refractivity contribution is 7.45. The molecule has 55 heavy (non-hydrogen) atoms. The van der Waals surface area contributed by atoms with Gasteiger partial charge in [-0.15, -0.1) is 0 Å². The van der Waals surface area contributed by atoms with Crippen LogP contribution in [-0.2, 0) is 27.9 Å². The van der Waals surface area contributed by atoms with E-state index in [9.17, 15) is 14.3 Å². The number of esters is 1. The lowest BCUT2D eigenvalue weighted by Gasteiger charge is -2.28. The smallest absolute Gasteiger partial charge is 0.306 e. The fourth-order valence-electron chi connectivity index (χ4n) is 6.14. The van der Waals surface area contributed by atoms with E-state index in [4.69, 9.17) is 18.5 Å². The van der Waals surface area contributed by atoms with Gasteiger partial charge in [-0.3, -0.25) is 9.36 Å². The summed E-state index contributed by atoms with van der Waals surface area (Å²) in [6, 6.07) is 0. The fourth-order valence-corrected chi connectivity index (χ4v) is 6.87. The number of carbonyl (C=O) groups excluding carboxylic acids is 1. The Bertz CT molecular complexity index is 978. The molecular formula is C46H88NO7P. The molecule has 0 aromatic heterocycles. The van der Waals surface area contributed by atoms with Crippen LogP contribution in [-0.4, -0.2) is 70.7 Å². The van der Waals surface area contributed by atoms with Crippen molar-refractivity contribution in [3.05, 3.63) is 36.5 Å². The number of allylic oxidation sites excluding steroid dienone is 6. The molecule has 9 heteroatoms. The second kappa shape index (κ2) is 39.5. The minimum atomic E-state index is -4.53. The quantitative estimate of drug-likeness (QED) is 0.0200. The highest BCUT2D eigenvalue weighted by atomic mass is 31.2.